The number of methoxy groups -OCH3 is 1. The number of aromatic nitrogens is 2. The Kier molecular flexibility index (Phi) is 4.91. The van der Waals surface area contributed by atoms with Crippen LogP contribution in [0.15, 0.2) is 71.9 Å². The highest BCUT2D eigenvalue weighted by atomic mass is 16.5. The van der Waals surface area contributed by atoms with Crippen LogP contribution in [0.2, 0.25) is 0 Å². The smallest absolute Gasteiger partial charge is 0.188 e. The zero-order chi connectivity index (χ0) is 20.4. The molecule has 6 heteroatoms. The Morgan fingerprint density at radius 2 is 1.90 bits per heavy atom. The summed E-state index contributed by atoms with van der Waals surface area (Å²) < 4.78 is 7.62. The van der Waals surface area contributed by atoms with Crippen molar-refractivity contribution in [3.8, 4) is 17.0 Å². The van der Waals surface area contributed by atoms with E-state index in [2.05, 4.69) is 40.0 Å². The number of ether oxygens (including phenoxy) is 1. The zero-order valence-corrected chi connectivity index (χ0v) is 16.3. The Morgan fingerprint density at radius 3 is 2.62 bits per heavy atom. The van der Waals surface area contributed by atoms with E-state index in [9.17, 15) is 0 Å². The summed E-state index contributed by atoms with van der Waals surface area (Å²) in [5.41, 5.74) is 11.5. The van der Waals surface area contributed by atoms with Gasteiger partial charge in [0.25, 0.3) is 0 Å². The summed E-state index contributed by atoms with van der Waals surface area (Å²) in [5, 5.41) is 13.2. The molecule has 3 N–H and O–H groups in total. The summed E-state index contributed by atoms with van der Waals surface area (Å²) in [6, 6.07) is 21.9. The highest BCUT2D eigenvalue weighted by Crippen LogP contribution is 2.36. The lowest BCUT2D eigenvalue weighted by Gasteiger charge is -2.09. The van der Waals surface area contributed by atoms with Crippen molar-refractivity contribution in [1.29, 1.82) is 0 Å². The molecule has 4 rings (SSSR count). The van der Waals surface area contributed by atoms with E-state index in [0.717, 1.165) is 33.6 Å². The average molecular weight is 386 g/mol. The molecule has 29 heavy (non-hydrogen) atoms. The van der Waals surface area contributed by atoms with Crippen LogP contribution < -0.4 is 10.5 Å². The molecule has 0 aliphatic heterocycles. The van der Waals surface area contributed by atoms with Crippen molar-refractivity contribution in [2.24, 2.45) is 17.9 Å². The van der Waals surface area contributed by atoms with Crippen molar-refractivity contribution in [2.75, 3.05) is 7.11 Å². The molecule has 0 saturated heterocycles. The highest BCUT2D eigenvalue weighted by Gasteiger charge is 2.18. The lowest BCUT2D eigenvalue weighted by atomic mass is 10.0. The van der Waals surface area contributed by atoms with Crippen LogP contribution in [0.25, 0.3) is 22.2 Å². The number of nitrogens with zero attached hydrogens (tertiary/aromatic N) is 3. The molecule has 0 radical (unpaired) electrons. The van der Waals surface area contributed by atoms with E-state index in [4.69, 9.17) is 15.7 Å². The van der Waals surface area contributed by atoms with Crippen LogP contribution in [-0.4, -0.2) is 27.7 Å². The molecule has 2 aromatic heterocycles. The van der Waals surface area contributed by atoms with Gasteiger partial charge in [0.1, 0.15) is 11.4 Å². The molecule has 146 valence electrons. The Hall–Kier alpha value is -3.80. The van der Waals surface area contributed by atoms with E-state index < -0.39 is 0 Å². The second-order valence-corrected chi connectivity index (χ2v) is 6.81. The van der Waals surface area contributed by atoms with E-state index >= 15 is 0 Å². The topological polar surface area (TPSA) is 85.7 Å². The monoisotopic (exact) mass is 386 g/mol. The Balaban J connectivity index is 1.91. The molecule has 0 amide bonds. The SMILES string of the molecule is COc1ccc2c(Cc3cccc(C(N)=NO)n3)c(-c3ccccc3)n(C)c2c1. The molecular formula is C23H22N4O2. The van der Waals surface area contributed by atoms with Crippen LogP contribution in [0.5, 0.6) is 5.75 Å². The largest absolute Gasteiger partial charge is 0.497 e. The molecule has 2 heterocycles. The standard InChI is InChI=1S/C23H22N4O2/c1-27-21-14-17(29-2)11-12-18(21)19(22(27)15-7-4-3-5-8-15)13-16-9-6-10-20(25-16)23(24)26-28/h3-12,14,28H,13H2,1-2H3,(H2,24,26). The molecule has 0 spiro atoms. The number of fused-ring (bicyclic) bond motifs is 1. The molecule has 0 aliphatic carbocycles. The third-order valence-corrected chi connectivity index (χ3v) is 5.09. The maximum absolute atomic E-state index is 8.96. The first-order valence-corrected chi connectivity index (χ1v) is 9.27. The Labute approximate surface area is 168 Å². The number of oxime groups is 1. The molecule has 0 fully saturated rings. The fraction of sp³-hybridized carbons (Fsp3) is 0.130. The summed E-state index contributed by atoms with van der Waals surface area (Å²) in [5.74, 6) is 0.814. The van der Waals surface area contributed by atoms with Gasteiger partial charge in [-0.2, -0.15) is 0 Å². The van der Waals surface area contributed by atoms with Crippen molar-refractivity contribution in [3.05, 3.63) is 83.7 Å². The number of pyridine rings is 1. The van der Waals surface area contributed by atoms with E-state index in [1.165, 1.54) is 5.56 Å². The number of hydrogen-bond acceptors (Lipinski definition) is 4. The summed E-state index contributed by atoms with van der Waals surface area (Å²) in [7, 11) is 3.74. The van der Waals surface area contributed by atoms with Gasteiger partial charge in [-0.15, -0.1) is 0 Å². The molecule has 0 unspecified atom stereocenters. The molecule has 6 nitrogen and oxygen atoms in total. The number of rotatable bonds is 5. The summed E-state index contributed by atoms with van der Waals surface area (Å²) in [4.78, 5) is 4.57. The van der Waals surface area contributed by atoms with Crippen LogP contribution in [0.4, 0.5) is 0 Å². The van der Waals surface area contributed by atoms with Gasteiger partial charge in [-0.1, -0.05) is 41.6 Å². The van der Waals surface area contributed by atoms with Crippen LogP contribution in [0, 0.1) is 0 Å². The van der Waals surface area contributed by atoms with Crippen LogP contribution in [0.3, 0.4) is 0 Å². The lowest BCUT2D eigenvalue weighted by Crippen LogP contribution is -2.15. The second-order valence-electron chi connectivity index (χ2n) is 6.81. The van der Waals surface area contributed by atoms with E-state index in [0.29, 0.717) is 12.1 Å². The third kappa shape index (κ3) is 3.40. The van der Waals surface area contributed by atoms with Gasteiger partial charge in [0, 0.05) is 30.6 Å². The number of amidine groups is 1. The zero-order valence-electron chi connectivity index (χ0n) is 16.3. The summed E-state index contributed by atoms with van der Waals surface area (Å²) >= 11 is 0. The van der Waals surface area contributed by atoms with Gasteiger partial charge in [-0.25, -0.2) is 4.98 Å². The van der Waals surface area contributed by atoms with Crippen LogP contribution in [-0.2, 0) is 13.5 Å². The lowest BCUT2D eigenvalue weighted by molar-refractivity contribution is 0.318. The summed E-state index contributed by atoms with van der Waals surface area (Å²) in [6.07, 6.45) is 0.612. The van der Waals surface area contributed by atoms with Gasteiger partial charge in [0.15, 0.2) is 5.84 Å². The molecule has 4 aromatic rings. The predicted octanol–water partition coefficient (Wildman–Crippen LogP) is 3.93. The quantitative estimate of drug-likeness (QED) is 0.235. The Morgan fingerprint density at radius 1 is 1.10 bits per heavy atom. The minimum atomic E-state index is -0.00205. The number of hydrogen-bond donors (Lipinski definition) is 2. The normalized spacial score (nSPS) is 11.7. The maximum Gasteiger partial charge on any atom is 0.188 e. The summed E-state index contributed by atoms with van der Waals surface area (Å²) in [6.45, 7) is 0. The fourth-order valence-corrected chi connectivity index (χ4v) is 3.72. The minimum Gasteiger partial charge on any atom is -0.497 e. The van der Waals surface area contributed by atoms with E-state index in [1.54, 1.807) is 13.2 Å². The second kappa shape index (κ2) is 7.67. The predicted molar refractivity (Wildman–Crippen MR) is 114 cm³/mol. The molecule has 0 saturated carbocycles. The number of benzene rings is 2. The van der Waals surface area contributed by atoms with E-state index in [1.807, 2.05) is 42.5 Å². The molecule has 0 atom stereocenters. The van der Waals surface area contributed by atoms with Gasteiger partial charge in [-0.3, -0.25) is 0 Å². The highest BCUT2D eigenvalue weighted by molar-refractivity contribution is 5.95. The van der Waals surface area contributed by atoms with Crippen molar-refractivity contribution < 1.29 is 9.94 Å². The van der Waals surface area contributed by atoms with Crippen LogP contribution in [0.1, 0.15) is 17.0 Å². The maximum atomic E-state index is 8.96. The first kappa shape index (κ1) is 18.6. The van der Waals surface area contributed by atoms with Crippen LogP contribution >= 0.6 is 0 Å². The van der Waals surface area contributed by atoms with Crippen molar-refractivity contribution >= 4 is 16.7 Å². The van der Waals surface area contributed by atoms with Gasteiger partial charge >= 0.3 is 0 Å². The van der Waals surface area contributed by atoms with Gasteiger partial charge in [-0.05, 0) is 35.4 Å². The number of aryl methyl sites for hydroxylation is 1. The average Bonchev–Trinajstić information content (AvgIpc) is 3.04. The molecule has 0 bridgehead atoms. The first-order chi connectivity index (χ1) is 14.1. The third-order valence-electron chi connectivity index (χ3n) is 5.09. The number of nitrogens with two attached hydrogens (primary N) is 1. The Bertz CT molecular complexity index is 1200. The van der Waals surface area contributed by atoms with Crippen molar-refractivity contribution in [3.63, 3.8) is 0 Å². The molecular weight excluding hydrogens is 364 g/mol. The molecule has 2 aromatic carbocycles. The van der Waals surface area contributed by atoms with Gasteiger partial charge in [0.2, 0.25) is 0 Å². The van der Waals surface area contributed by atoms with Gasteiger partial charge in [0.05, 0.1) is 18.3 Å². The minimum absolute atomic E-state index is 0.00205. The molecule has 0 aliphatic rings. The van der Waals surface area contributed by atoms with E-state index in [-0.39, 0.29) is 5.84 Å². The first-order valence-electron chi connectivity index (χ1n) is 9.27. The fourth-order valence-electron chi connectivity index (χ4n) is 3.72. The van der Waals surface area contributed by atoms with Crippen molar-refractivity contribution in [1.82, 2.24) is 9.55 Å². The van der Waals surface area contributed by atoms with Crippen molar-refractivity contribution in [2.45, 2.75) is 6.42 Å². The van der Waals surface area contributed by atoms with Gasteiger partial charge < -0.3 is 20.2 Å².